The van der Waals surface area contributed by atoms with Crippen LogP contribution in [0.25, 0.3) is 5.57 Å². The predicted molar refractivity (Wildman–Crippen MR) is 122 cm³/mol. The summed E-state index contributed by atoms with van der Waals surface area (Å²) in [6.45, 7) is 5.35. The van der Waals surface area contributed by atoms with Gasteiger partial charge in [-0.05, 0) is 35.6 Å². The number of hydrogen-bond donors (Lipinski definition) is 5. The van der Waals surface area contributed by atoms with Crippen LogP contribution in [0.1, 0.15) is 39.2 Å². The number of benzene rings is 1. The minimum Gasteiger partial charge on any atom is -0.480 e. The topological polar surface area (TPSA) is 127 Å². The Morgan fingerprint density at radius 2 is 1.85 bits per heavy atom. The van der Waals surface area contributed by atoms with Crippen LogP contribution in [0.15, 0.2) is 54.1 Å². The molecule has 0 fully saturated rings. The summed E-state index contributed by atoms with van der Waals surface area (Å²) in [4.78, 5) is 22.7. The van der Waals surface area contributed by atoms with Crippen molar-refractivity contribution in [3.8, 4) is 0 Å². The number of rotatable bonds is 10. The number of aliphatic hydroxyl groups is 3. The third kappa shape index (κ3) is 7.63. The minimum atomic E-state index is -1.45. The lowest BCUT2D eigenvalue weighted by atomic mass is 9.68. The highest BCUT2D eigenvalue weighted by molar-refractivity contribution is 5.83. The van der Waals surface area contributed by atoms with E-state index < -0.39 is 43.2 Å². The monoisotopic (exact) mass is 461 g/mol. The van der Waals surface area contributed by atoms with Crippen LogP contribution in [0.3, 0.4) is 0 Å². The molecule has 180 valence electrons. The molecule has 0 heterocycles. The van der Waals surface area contributed by atoms with Crippen molar-refractivity contribution in [3.05, 3.63) is 65.5 Å². The molecule has 7 nitrogen and oxygen atoms in total. The Morgan fingerprint density at radius 3 is 2.42 bits per heavy atom. The number of aliphatic hydroxyl groups excluding tert-OH is 3. The van der Waals surface area contributed by atoms with E-state index in [1.165, 1.54) is 12.1 Å². The number of carbonyl (C=O) groups is 2. The van der Waals surface area contributed by atoms with Gasteiger partial charge >= 0.3 is 5.97 Å². The highest BCUT2D eigenvalue weighted by atomic mass is 19.1. The Morgan fingerprint density at radius 1 is 1.21 bits per heavy atom. The van der Waals surface area contributed by atoms with Crippen molar-refractivity contribution in [2.75, 3.05) is 6.61 Å². The number of halogens is 1. The average Bonchev–Trinajstić information content (AvgIpc) is 2.70. The molecule has 1 aromatic carbocycles. The van der Waals surface area contributed by atoms with Gasteiger partial charge in [-0.15, -0.1) is 0 Å². The number of amides is 1. The number of carbonyl (C=O) groups excluding carboxylic acids is 1. The van der Waals surface area contributed by atoms with Gasteiger partial charge < -0.3 is 25.7 Å². The molecule has 1 aromatic rings. The number of aliphatic carboxylic acids is 1. The number of allylic oxidation sites excluding steroid dienone is 5. The summed E-state index contributed by atoms with van der Waals surface area (Å²) in [7, 11) is 0. The molecule has 1 amide bonds. The van der Waals surface area contributed by atoms with Gasteiger partial charge in [-0.2, -0.15) is 0 Å². The fraction of sp³-hybridized carbons (Fsp3) is 0.440. The summed E-state index contributed by atoms with van der Waals surface area (Å²) in [6, 6.07) is 4.79. The quantitative estimate of drug-likeness (QED) is 0.341. The average molecular weight is 462 g/mol. The van der Waals surface area contributed by atoms with Gasteiger partial charge in [0.1, 0.15) is 11.9 Å². The van der Waals surface area contributed by atoms with Gasteiger partial charge in [0.25, 0.3) is 0 Å². The second kappa shape index (κ2) is 11.4. The molecule has 0 bridgehead atoms. The molecule has 2 rings (SSSR count). The number of carboxylic acid groups (broad SMARTS) is 1. The van der Waals surface area contributed by atoms with E-state index in [-0.39, 0.29) is 23.6 Å². The van der Waals surface area contributed by atoms with Crippen LogP contribution in [0.4, 0.5) is 4.39 Å². The van der Waals surface area contributed by atoms with Crippen LogP contribution in [-0.2, 0) is 9.59 Å². The van der Waals surface area contributed by atoms with E-state index in [1.807, 2.05) is 19.1 Å². The van der Waals surface area contributed by atoms with Gasteiger partial charge in [-0.25, -0.2) is 9.18 Å². The molecule has 4 atom stereocenters. The third-order valence-corrected chi connectivity index (χ3v) is 5.57. The van der Waals surface area contributed by atoms with Crippen LogP contribution in [-0.4, -0.2) is 57.2 Å². The zero-order valence-electron chi connectivity index (χ0n) is 19.0. The van der Waals surface area contributed by atoms with E-state index in [0.29, 0.717) is 0 Å². The summed E-state index contributed by atoms with van der Waals surface area (Å²) in [5.74, 6) is -2.57. The van der Waals surface area contributed by atoms with Gasteiger partial charge in [-0.3, -0.25) is 4.79 Å². The Bertz CT molecular complexity index is 935. The fourth-order valence-corrected chi connectivity index (χ4v) is 4.04. The van der Waals surface area contributed by atoms with Crippen LogP contribution in [0.2, 0.25) is 0 Å². The van der Waals surface area contributed by atoms with Crippen LogP contribution in [0, 0.1) is 17.2 Å². The van der Waals surface area contributed by atoms with E-state index in [9.17, 15) is 24.2 Å². The van der Waals surface area contributed by atoms with Crippen molar-refractivity contribution >= 4 is 17.4 Å². The summed E-state index contributed by atoms with van der Waals surface area (Å²) in [5.41, 5.74) is 2.64. The van der Waals surface area contributed by atoms with Gasteiger partial charge in [-0.1, -0.05) is 55.9 Å². The standard InChI is InChI=1S/C25H32FNO6/c1-15-10-20(16-4-6-17(26)7-5-16)21(25(2,3)13-15)9-8-18(29)11-19(30)12-23(31)27-22(14-28)24(32)33/h4-10,13,18-19,21-22,28-30H,11-12,14H2,1-3H3,(H,27,31)(H,32,33)/t18-,19-,21?,22+/m1/s1. The van der Waals surface area contributed by atoms with E-state index in [2.05, 4.69) is 25.2 Å². The molecule has 1 unspecified atom stereocenters. The van der Waals surface area contributed by atoms with Crippen molar-refractivity contribution in [2.24, 2.45) is 11.3 Å². The first kappa shape index (κ1) is 26.4. The molecular weight excluding hydrogens is 429 g/mol. The first-order valence-corrected chi connectivity index (χ1v) is 10.8. The Balaban J connectivity index is 2.07. The van der Waals surface area contributed by atoms with Crippen molar-refractivity contribution in [2.45, 2.75) is 51.9 Å². The second-order valence-corrected chi connectivity index (χ2v) is 8.98. The lowest BCUT2D eigenvalue weighted by Crippen LogP contribution is -2.44. The van der Waals surface area contributed by atoms with E-state index in [1.54, 1.807) is 18.2 Å². The van der Waals surface area contributed by atoms with Crippen LogP contribution >= 0.6 is 0 Å². The number of hydrogen-bond acceptors (Lipinski definition) is 5. The molecule has 33 heavy (non-hydrogen) atoms. The summed E-state index contributed by atoms with van der Waals surface area (Å²) in [5, 5.41) is 40.4. The zero-order chi connectivity index (χ0) is 24.8. The first-order valence-electron chi connectivity index (χ1n) is 10.8. The van der Waals surface area contributed by atoms with E-state index >= 15 is 0 Å². The maximum Gasteiger partial charge on any atom is 0.328 e. The first-order chi connectivity index (χ1) is 15.4. The van der Waals surface area contributed by atoms with Crippen molar-refractivity contribution < 1.29 is 34.4 Å². The van der Waals surface area contributed by atoms with Gasteiger partial charge in [0.15, 0.2) is 0 Å². The van der Waals surface area contributed by atoms with Crippen molar-refractivity contribution in [3.63, 3.8) is 0 Å². The second-order valence-electron chi connectivity index (χ2n) is 8.98. The third-order valence-electron chi connectivity index (χ3n) is 5.57. The lowest BCUT2D eigenvalue weighted by Gasteiger charge is -2.36. The largest absolute Gasteiger partial charge is 0.480 e. The molecule has 1 aliphatic rings. The number of carboxylic acids is 1. The van der Waals surface area contributed by atoms with Gasteiger partial charge in [0, 0.05) is 12.3 Å². The summed E-state index contributed by atoms with van der Waals surface area (Å²) < 4.78 is 13.4. The maximum absolute atomic E-state index is 13.4. The summed E-state index contributed by atoms with van der Waals surface area (Å²) in [6.07, 6.45) is 4.78. The highest BCUT2D eigenvalue weighted by Crippen LogP contribution is 2.44. The molecule has 0 aromatic heterocycles. The molecule has 1 aliphatic carbocycles. The minimum absolute atomic E-state index is 0.123. The van der Waals surface area contributed by atoms with E-state index in [4.69, 9.17) is 10.2 Å². The van der Waals surface area contributed by atoms with Crippen molar-refractivity contribution in [1.29, 1.82) is 0 Å². The highest BCUT2D eigenvalue weighted by Gasteiger charge is 2.32. The van der Waals surface area contributed by atoms with Gasteiger partial charge in [0.2, 0.25) is 5.91 Å². The normalized spacial score (nSPS) is 20.5. The summed E-state index contributed by atoms with van der Waals surface area (Å²) >= 11 is 0. The molecule has 0 saturated heterocycles. The van der Waals surface area contributed by atoms with Crippen molar-refractivity contribution in [1.82, 2.24) is 5.32 Å². The predicted octanol–water partition coefficient (Wildman–Crippen LogP) is 2.43. The van der Waals surface area contributed by atoms with Gasteiger partial charge in [0.05, 0.1) is 25.2 Å². The fourth-order valence-electron chi connectivity index (χ4n) is 4.04. The smallest absolute Gasteiger partial charge is 0.328 e. The Hall–Kier alpha value is -2.81. The molecule has 0 saturated carbocycles. The van der Waals surface area contributed by atoms with Crippen LogP contribution < -0.4 is 5.32 Å². The molecular formula is C25H32FNO6. The molecule has 8 heteroatoms. The SMILES string of the molecule is CC1=CC(C)(C)C(C=C[C@@H](O)C[C@@H](O)CC(=O)N[C@@H](CO)C(=O)O)C(c2ccc(F)cc2)=C1. The molecule has 5 N–H and O–H groups in total. The lowest BCUT2D eigenvalue weighted by molar-refractivity contribution is -0.143. The van der Waals surface area contributed by atoms with Crippen LogP contribution in [0.5, 0.6) is 0 Å². The Labute approximate surface area is 193 Å². The molecule has 0 spiro atoms. The zero-order valence-corrected chi connectivity index (χ0v) is 19.0. The number of nitrogens with one attached hydrogen (secondary N) is 1. The maximum atomic E-state index is 13.4. The molecule has 0 radical (unpaired) electrons. The Kier molecular flexibility index (Phi) is 9.10. The van der Waals surface area contributed by atoms with E-state index in [0.717, 1.165) is 16.7 Å². The molecule has 0 aliphatic heterocycles.